The minimum absolute atomic E-state index is 0.00279. The van der Waals surface area contributed by atoms with E-state index < -0.39 is 12.0 Å². The van der Waals surface area contributed by atoms with Crippen LogP contribution in [0.1, 0.15) is 27.2 Å². The molecule has 10 nitrogen and oxygen atoms in total. The van der Waals surface area contributed by atoms with Crippen LogP contribution in [0.2, 0.25) is 0 Å². The Hall–Kier alpha value is -4.16. The summed E-state index contributed by atoms with van der Waals surface area (Å²) in [5.41, 5.74) is 0.899. The molecule has 1 fully saturated rings. The van der Waals surface area contributed by atoms with E-state index in [0.29, 0.717) is 35.9 Å². The Bertz CT molecular complexity index is 1230. The third-order valence-electron chi connectivity index (χ3n) is 5.10. The van der Waals surface area contributed by atoms with Gasteiger partial charge >= 0.3 is 12.5 Å². The number of amides is 1. The molecule has 196 valence electrons. The SMILES string of the molecule is CC(C)(C)OC(=O)N1CC[C@H](Nc2cncc(-c3cnc(Nc4cccc(OC(F)(F)F)c4)nc3)n2)C1. The quantitative estimate of drug-likeness (QED) is 0.466. The van der Waals surface area contributed by atoms with Crippen LogP contribution < -0.4 is 15.4 Å². The lowest BCUT2D eigenvalue weighted by Crippen LogP contribution is -2.36. The molecule has 1 saturated heterocycles. The van der Waals surface area contributed by atoms with Crippen molar-refractivity contribution in [3.63, 3.8) is 0 Å². The molecule has 1 aliphatic rings. The van der Waals surface area contributed by atoms with Gasteiger partial charge in [-0.15, -0.1) is 13.2 Å². The van der Waals surface area contributed by atoms with Crippen molar-refractivity contribution in [3.8, 4) is 17.0 Å². The van der Waals surface area contributed by atoms with E-state index >= 15 is 0 Å². The van der Waals surface area contributed by atoms with Crippen molar-refractivity contribution in [2.45, 2.75) is 45.2 Å². The number of likely N-dealkylation sites (tertiary alicyclic amines) is 1. The maximum atomic E-state index is 12.4. The van der Waals surface area contributed by atoms with Crippen molar-refractivity contribution in [3.05, 3.63) is 49.1 Å². The second-order valence-electron chi connectivity index (χ2n) is 9.34. The Balaban J connectivity index is 1.37. The van der Waals surface area contributed by atoms with Crippen LogP contribution in [0.4, 0.5) is 35.4 Å². The number of ether oxygens (including phenoxy) is 2. The van der Waals surface area contributed by atoms with Crippen molar-refractivity contribution in [2.75, 3.05) is 23.7 Å². The Morgan fingerprint density at radius 1 is 1.11 bits per heavy atom. The summed E-state index contributed by atoms with van der Waals surface area (Å²) >= 11 is 0. The summed E-state index contributed by atoms with van der Waals surface area (Å²) in [4.78, 5) is 31.2. The number of carbonyl (C=O) groups is 1. The molecule has 3 heterocycles. The van der Waals surface area contributed by atoms with Crippen LogP contribution in [-0.2, 0) is 4.74 Å². The van der Waals surface area contributed by atoms with Gasteiger partial charge in [-0.1, -0.05) is 6.07 Å². The summed E-state index contributed by atoms with van der Waals surface area (Å²) in [5, 5.41) is 6.13. The fourth-order valence-corrected chi connectivity index (χ4v) is 3.58. The van der Waals surface area contributed by atoms with Crippen LogP contribution in [0, 0.1) is 0 Å². The van der Waals surface area contributed by atoms with Crippen LogP contribution in [0.5, 0.6) is 5.75 Å². The van der Waals surface area contributed by atoms with Gasteiger partial charge in [-0.2, -0.15) is 0 Å². The lowest BCUT2D eigenvalue weighted by molar-refractivity contribution is -0.274. The van der Waals surface area contributed by atoms with Crippen molar-refractivity contribution >= 4 is 23.5 Å². The highest BCUT2D eigenvalue weighted by molar-refractivity contribution is 5.68. The molecule has 0 saturated carbocycles. The van der Waals surface area contributed by atoms with Gasteiger partial charge < -0.3 is 25.0 Å². The average Bonchev–Trinajstić information content (AvgIpc) is 3.26. The molecular weight excluding hydrogens is 491 g/mol. The van der Waals surface area contributed by atoms with Gasteiger partial charge in [0.05, 0.1) is 18.1 Å². The van der Waals surface area contributed by atoms with Gasteiger partial charge in [0.15, 0.2) is 0 Å². The van der Waals surface area contributed by atoms with E-state index in [0.717, 1.165) is 6.42 Å². The van der Waals surface area contributed by atoms with E-state index in [1.807, 2.05) is 20.8 Å². The molecule has 0 unspecified atom stereocenters. The van der Waals surface area contributed by atoms with Crippen molar-refractivity contribution < 1.29 is 27.4 Å². The fourth-order valence-electron chi connectivity index (χ4n) is 3.58. The standard InChI is InChI=1S/C24H26F3N7O3/c1-23(2,3)37-22(35)34-8-7-17(14-34)31-20-13-28-12-19(33-20)15-10-29-21(30-11-15)32-16-5-4-6-18(9-16)36-24(25,26)27/h4-6,9-13,17H,7-8,14H2,1-3H3,(H,31,33)(H,29,30,32)/t17-/m0/s1. The number of benzene rings is 1. The molecule has 0 aliphatic carbocycles. The molecule has 0 spiro atoms. The summed E-state index contributed by atoms with van der Waals surface area (Å²) in [6.45, 7) is 6.55. The lowest BCUT2D eigenvalue weighted by atomic mass is 10.2. The molecule has 3 aromatic rings. The van der Waals surface area contributed by atoms with E-state index in [4.69, 9.17) is 4.74 Å². The lowest BCUT2D eigenvalue weighted by Gasteiger charge is -2.24. The molecule has 2 N–H and O–H groups in total. The average molecular weight is 518 g/mol. The minimum Gasteiger partial charge on any atom is -0.444 e. The molecule has 1 aliphatic heterocycles. The predicted molar refractivity (Wildman–Crippen MR) is 129 cm³/mol. The number of rotatable bonds is 6. The first kappa shape index (κ1) is 25.9. The number of hydrogen-bond acceptors (Lipinski definition) is 9. The van der Waals surface area contributed by atoms with E-state index in [1.54, 1.807) is 23.4 Å². The van der Waals surface area contributed by atoms with Crippen molar-refractivity contribution in [1.29, 1.82) is 0 Å². The largest absolute Gasteiger partial charge is 0.573 e. The summed E-state index contributed by atoms with van der Waals surface area (Å²) in [6.07, 6.45) is 1.82. The first-order valence-electron chi connectivity index (χ1n) is 11.5. The maximum absolute atomic E-state index is 12.4. The summed E-state index contributed by atoms with van der Waals surface area (Å²) < 4.78 is 46.7. The maximum Gasteiger partial charge on any atom is 0.573 e. The molecule has 1 atom stereocenters. The number of anilines is 3. The van der Waals surface area contributed by atoms with E-state index in [1.165, 1.54) is 30.6 Å². The highest BCUT2D eigenvalue weighted by Gasteiger charge is 2.31. The van der Waals surface area contributed by atoms with Crippen LogP contribution in [0.15, 0.2) is 49.1 Å². The Labute approximate surface area is 211 Å². The van der Waals surface area contributed by atoms with E-state index in [9.17, 15) is 18.0 Å². The molecule has 1 amide bonds. The first-order chi connectivity index (χ1) is 17.4. The summed E-state index contributed by atoms with van der Waals surface area (Å²) in [7, 11) is 0. The molecule has 0 bridgehead atoms. The zero-order valence-electron chi connectivity index (χ0n) is 20.4. The highest BCUT2D eigenvalue weighted by Crippen LogP contribution is 2.26. The Morgan fingerprint density at radius 3 is 2.57 bits per heavy atom. The van der Waals surface area contributed by atoms with Gasteiger partial charge in [0.2, 0.25) is 5.95 Å². The minimum atomic E-state index is -4.78. The number of nitrogens with one attached hydrogen (secondary N) is 2. The van der Waals surface area contributed by atoms with E-state index in [-0.39, 0.29) is 23.8 Å². The number of carbonyl (C=O) groups excluding carboxylic acids is 1. The first-order valence-corrected chi connectivity index (χ1v) is 11.5. The van der Waals surface area contributed by atoms with Gasteiger partial charge in [-0.25, -0.2) is 19.7 Å². The molecular formula is C24H26F3N7O3. The summed E-state index contributed by atoms with van der Waals surface area (Å²) in [6, 6.07) is 5.37. The van der Waals surface area contributed by atoms with Gasteiger partial charge in [0.25, 0.3) is 0 Å². The summed E-state index contributed by atoms with van der Waals surface area (Å²) in [5.74, 6) is 0.366. The third kappa shape index (κ3) is 7.66. The smallest absolute Gasteiger partial charge is 0.444 e. The van der Waals surface area contributed by atoms with Crippen LogP contribution in [0.25, 0.3) is 11.3 Å². The van der Waals surface area contributed by atoms with Gasteiger partial charge in [-0.3, -0.25) is 4.98 Å². The normalized spacial score (nSPS) is 15.8. The number of alkyl halides is 3. The monoisotopic (exact) mass is 517 g/mol. The second kappa shape index (κ2) is 10.4. The highest BCUT2D eigenvalue weighted by atomic mass is 19.4. The topological polar surface area (TPSA) is 114 Å². The number of hydrogen-bond donors (Lipinski definition) is 2. The fraction of sp³-hybridized carbons (Fsp3) is 0.375. The Kier molecular flexibility index (Phi) is 7.32. The van der Waals surface area contributed by atoms with Gasteiger partial charge in [0, 0.05) is 48.8 Å². The molecule has 1 aromatic carbocycles. The van der Waals surface area contributed by atoms with Crippen LogP contribution in [0.3, 0.4) is 0 Å². The van der Waals surface area contributed by atoms with Crippen LogP contribution in [-0.4, -0.2) is 62.0 Å². The molecule has 13 heteroatoms. The van der Waals surface area contributed by atoms with E-state index in [2.05, 4.69) is 35.3 Å². The molecule has 37 heavy (non-hydrogen) atoms. The second-order valence-corrected chi connectivity index (χ2v) is 9.34. The molecule has 0 radical (unpaired) electrons. The van der Waals surface area contributed by atoms with Crippen molar-refractivity contribution in [1.82, 2.24) is 24.8 Å². The zero-order chi connectivity index (χ0) is 26.6. The number of aromatic nitrogens is 4. The Morgan fingerprint density at radius 2 is 1.86 bits per heavy atom. The van der Waals surface area contributed by atoms with Gasteiger partial charge in [0.1, 0.15) is 17.2 Å². The van der Waals surface area contributed by atoms with Gasteiger partial charge in [-0.05, 0) is 39.3 Å². The molecule has 2 aromatic heterocycles. The molecule has 4 rings (SSSR count). The number of nitrogens with zero attached hydrogens (tertiary/aromatic N) is 5. The van der Waals surface area contributed by atoms with Crippen LogP contribution >= 0.6 is 0 Å². The number of halogens is 3. The van der Waals surface area contributed by atoms with Crippen molar-refractivity contribution in [2.24, 2.45) is 0 Å². The predicted octanol–water partition coefficient (Wildman–Crippen LogP) is 5.00. The zero-order valence-corrected chi connectivity index (χ0v) is 20.4. The third-order valence-corrected chi connectivity index (χ3v) is 5.10.